The Labute approximate surface area is 82.8 Å². The minimum absolute atomic E-state index is 0.642. The number of likely N-dealkylation sites (N-methyl/N-ethyl adjacent to an activating group) is 1. The SMILES string of the molecule is CC(C)C(C)C1C=CCC(C)N1C. The van der Waals surface area contributed by atoms with Crippen LogP contribution < -0.4 is 0 Å². The molecule has 0 bridgehead atoms. The molecule has 0 aromatic carbocycles. The number of hydrogen-bond acceptors (Lipinski definition) is 1. The van der Waals surface area contributed by atoms with Gasteiger partial charge in [-0.05, 0) is 32.2 Å². The van der Waals surface area contributed by atoms with E-state index in [1.807, 2.05) is 0 Å². The molecular formula is C12H23N. The molecule has 1 aliphatic rings. The van der Waals surface area contributed by atoms with Crippen molar-refractivity contribution in [1.82, 2.24) is 4.90 Å². The van der Waals surface area contributed by atoms with E-state index in [1.54, 1.807) is 0 Å². The normalized spacial score (nSPS) is 32.5. The lowest BCUT2D eigenvalue weighted by Gasteiger charge is -2.39. The van der Waals surface area contributed by atoms with Crippen molar-refractivity contribution in [3.05, 3.63) is 12.2 Å². The van der Waals surface area contributed by atoms with Gasteiger partial charge in [-0.15, -0.1) is 0 Å². The molecule has 13 heavy (non-hydrogen) atoms. The maximum absolute atomic E-state index is 2.50. The van der Waals surface area contributed by atoms with E-state index in [0.29, 0.717) is 12.1 Å². The summed E-state index contributed by atoms with van der Waals surface area (Å²) in [7, 11) is 2.25. The Kier molecular flexibility index (Phi) is 3.55. The van der Waals surface area contributed by atoms with Gasteiger partial charge in [0.2, 0.25) is 0 Å². The van der Waals surface area contributed by atoms with Crippen LogP contribution in [0.5, 0.6) is 0 Å². The lowest BCUT2D eigenvalue weighted by molar-refractivity contribution is 0.140. The highest BCUT2D eigenvalue weighted by Gasteiger charge is 2.26. The van der Waals surface area contributed by atoms with E-state index in [2.05, 4.69) is 51.8 Å². The van der Waals surface area contributed by atoms with Crippen LogP contribution in [0.4, 0.5) is 0 Å². The molecule has 0 aromatic heterocycles. The molecule has 1 nitrogen and oxygen atoms in total. The summed E-state index contributed by atoms with van der Waals surface area (Å²) in [5.41, 5.74) is 0. The minimum Gasteiger partial charge on any atom is -0.297 e. The maximum Gasteiger partial charge on any atom is 0.0306 e. The second-order valence-electron chi connectivity index (χ2n) is 4.77. The maximum atomic E-state index is 2.50. The topological polar surface area (TPSA) is 3.24 Å². The monoisotopic (exact) mass is 181 g/mol. The molecule has 1 aliphatic heterocycles. The van der Waals surface area contributed by atoms with Crippen molar-refractivity contribution >= 4 is 0 Å². The fourth-order valence-electron chi connectivity index (χ4n) is 1.95. The molecule has 0 aromatic rings. The third-order valence-electron chi connectivity index (χ3n) is 3.57. The van der Waals surface area contributed by atoms with Crippen LogP contribution in [-0.2, 0) is 0 Å². The van der Waals surface area contributed by atoms with E-state index < -0.39 is 0 Å². The van der Waals surface area contributed by atoms with E-state index in [1.165, 1.54) is 6.42 Å². The van der Waals surface area contributed by atoms with Crippen molar-refractivity contribution in [3.63, 3.8) is 0 Å². The Hall–Kier alpha value is -0.300. The molecule has 0 N–H and O–H groups in total. The van der Waals surface area contributed by atoms with Gasteiger partial charge < -0.3 is 0 Å². The van der Waals surface area contributed by atoms with Gasteiger partial charge in [0.15, 0.2) is 0 Å². The molecular weight excluding hydrogens is 158 g/mol. The summed E-state index contributed by atoms with van der Waals surface area (Å²) in [6, 6.07) is 1.35. The molecule has 1 rings (SSSR count). The first-order valence-corrected chi connectivity index (χ1v) is 5.42. The van der Waals surface area contributed by atoms with Crippen LogP contribution in [0, 0.1) is 11.8 Å². The zero-order valence-electron chi connectivity index (χ0n) is 9.62. The van der Waals surface area contributed by atoms with Crippen LogP contribution in [0.15, 0.2) is 12.2 Å². The van der Waals surface area contributed by atoms with Crippen LogP contribution in [0.25, 0.3) is 0 Å². The van der Waals surface area contributed by atoms with Gasteiger partial charge in [0.05, 0.1) is 0 Å². The Morgan fingerprint density at radius 3 is 2.46 bits per heavy atom. The standard InChI is InChI=1S/C12H23N/c1-9(2)11(4)12-8-6-7-10(3)13(12)5/h6,8-12H,7H2,1-5H3. The van der Waals surface area contributed by atoms with Gasteiger partial charge in [-0.2, -0.15) is 0 Å². The summed E-state index contributed by atoms with van der Waals surface area (Å²) in [4.78, 5) is 2.50. The van der Waals surface area contributed by atoms with Crippen LogP contribution >= 0.6 is 0 Å². The average molecular weight is 181 g/mol. The number of hydrogen-bond donors (Lipinski definition) is 0. The van der Waals surface area contributed by atoms with Crippen molar-refractivity contribution < 1.29 is 0 Å². The van der Waals surface area contributed by atoms with Gasteiger partial charge in [0.25, 0.3) is 0 Å². The molecule has 3 atom stereocenters. The highest BCUT2D eigenvalue weighted by atomic mass is 15.2. The van der Waals surface area contributed by atoms with Crippen LogP contribution in [0.3, 0.4) is 0 Å². The third-order valence-corrected chi connectivity index (χ3v) is 3.57. The van der Waals surface area contributed by atoms with Crippen LogP contribution in [0.2, 0.25) is 0 Å². The third kappa shape index (κ3) is 2.34. The molecule has 3 unspecified atom stereocenters. The van der Waals surface area contributed by atoms with Crippen molar-refractivity contribution in [2.45, 2.75) is 46.2 Å². The van der Waals surface area contributed by atoms with Gasteiger partial charge in [-0.1, -0.05) is 32.9 Å². The van der Waals surface area contributed by atoms with E-state index in [4.69, 9.17) is 0 Å². The Bertz CT molecular complexity index is 184. The smallest absolute Gasteiger partial charge is 0.0306 e. The van der Waals surface area contributed by atoms with Crippen LogP contribution in [0.1, 0.15) is 34.1 Å². The lowest BCUT2D eigenvalue weighted by atomic mass is 9.86. The van der Waals surface area contributed by atoms with Crippen LogP contribution in [-0.4, -0.2) is 24.0 Å². The molecule has 0 amide bonds. The number of rotatable bonds is 2. The fraction of sp³-hybridized carbons (Fsp3) is 0.833. The zero-order valence-corrected chi connectivity index (χ0v) is 9.62. The van der Waals surface area contributed by atoms with Crippen molar-refractivity contribution in [3.8, 4) is 0 Å². The first kappa shape index (κ1) is 10.8. The fourth-order valence-corrected chi connectivity index (χ4v) is 1.95. The molecule has 0 saturated carbocycles. The molecule has 0 radical (unpaired) electrons. The highest BCUT2D eigenvalue weighted by molar-refractivity contribution is 5.03. The Balaban J connectivity index is 2.68. The summed E-state index contributed by atoms with van der Waals surface area (Å²) < 4.78 is 0. The zero-order chi connectivity index (χ0) is 10.0. The van der Waals surface area contributed by atoms with Gasteiger partial charge in [0, 0.05) is 12.1 Å². The predicted octanol–water partition coefficient (Wildman–Crippen LogP) is 2.93. The van der Waals surface area contributed by atoms with Crippen molar-refractivity contribution in [2.75, 3.05) is 7.05 Å². The predicted molar refractivity (Wildman–Crippen MR) is 58.8 cm³/mol. The van der Waals surface area contributed by atoms with Gasteiger partial charge in [0.1, 0.15) is 0 Å². The van der Waals surface area contributed by atoms with Gasteiger partial charge >= 0.3 is 0 Å². The highest BCUT2D eigenvalue weighted by Crippen LogP contribution is 2.25. The van der Waals surface area contributed by atoms with Crippen molar-refractivity contribution in [2.24, 2.45) is 11.8 Å². The Morgan fingerprint density at radius 1 is 1.31 bits per heavy atom. The quantitative estimate of drug-likeness (QED) is 0.592. The largest absolute Gasteiger partial charge is 0.297 e. The second-order valence-corrected chi connectivity index (χ2v) is 4.77. The summed E-state index contributed by atoms with van der Waals surface area (Å²) in [6.45, 7) is 9.29. The molecule has 1 heteroatoms. The lowest BCUT2D eigenvalue weighted by Crippen LogP contribution is -2.44. The summed E-state index contributed by atoms with van der Waals surface area (Å²) in [5.74, 6) is 1.52. The molecule has 0 fully saturated rings. The molecule has 1 heterocycles. The van der Waals surface area contributed by atoms with Crippen molar-refractivity contribution in [1.29, 1.82) is 0 Å². The van der Waals surface area contributed by atoms with E-state index >= 15 is 0 Å². The summed E-state index contributed by atoms with van der Waals surface area (Å²) in [5, 5.41) is 0. The van der Waals surface area contributed by atoms with Gasteiger partial charge in [-0.25, -0.2) is 0 Å². The van der Waals surface area contributed by atoms with E-state index in [9.17, 15) is 0 Å². The average Bonchev–Trinajstić information content (AvgIpc) is 2.08. The molecule has 76 valence electrons. The van der Waals surface area contributed by atoms with E-state index in [-0.39, 0.29) is 0 Å². The number of nitrogens with zero attached hydrogens (tertiary/aromatic N) is 1. The van der Waals surface area contributed by atoms with E-state index in [0.717, 1.165) is 11.8 Å². The summed E-state index contributed by atoms with van der Waals surface area (Å²) in [6.07, 6.45) is 5.93. The minimum atomic E-state index is 0.642. The second kappa shape index (κ2) is 4.28. The first-order valence-electron chi connectivity index (χ1n) is 5.42. The summed E-state index contributed by atoms with van der Waals surface area (Å²) >= 11 is 0. The molecule has 0 spiro atoms. The molecule has 0 saturated heterocycles. The molecule has 0 aliphatic carbocycles. The van der Waals surface area contributed by atoms with Gasteiger partial charge in [-0.3, -0.25) is 4.90 Å². The first-order chi connectivity index (χ1) is 6.04. The Morgan fingerprint density at radius 2 is 1.92 bits per heavy atom.